The van der Waals surface area contributed by atoms with E-state index in [9.17, 15) is 4.79 Å². The van der Waals surface area contributed by atoms with Gasteiger partial charge in [-0.1, -0.05) is 69.6 Å². The van der Waals surface area contributed by atoms with E-state index in [1.807, 2.05) is 0 Å². The summed E-state index contributed by atoms with van der Waals surface area (Å²) in [4.78, 5) is 15.7. The highest BCUT2D eigenvalue weighted by atomic mass is 35.5. The molecular weight excluding hydrogens is 459 g/mol. The summed E-state index contributed by atoms with van der Waals surface area (Å²) < 4.78 is 0. The van der Waals surface area contributed by atoms with Crippen molar-refractivity contribution in [3.05, 3.63) is 72.4 Å². The van der Waals surface area contributed by atoms with Crippen molar-refractivity contribution in [2.24, 2.45) is 0 Å². The highest BCUT2D eigenvalue weighted by molar-refractivity contribution is 6.43. The molecule has 3 rings (SSSR count). The predicted molar refractivity (Wildman–Crippen MR) is 111 cm³/mol. The summed E-state index contributed by atoms with van der Waals surface area (Å²) in [6, 6.07) is 7.90. The van der Waals surface area contributed by atoms with Gasteiger partial charge < -0.3 is 0 Å². The number of pyridine rings is 1. The minimum Gasteiger partial charge on any atom is -0.296 e. The summed E-state index contributed by atoms with van der Waals surface area (Å²) in [6.07, 6.45) is 2.11. The van der Waals surface area contributed by atoms with E-state index in [1.165, 1.54) is 18.3 Å². The van der Waals surface area contributed by atoms with E-state index in [0.717, 1.165) is 0 Å². The average molecular weight is 466 g/mol. The zero-order valence-corrected chi connectivity index (χ0v) is 17.2. The van der Waals surface area contributed by atoms with Gasteiger partial charge in [-0.05, 0) is 30.3 Å². The Hall–Kier alpha value is -1.000. The number of carbonyl (C=O) groups excluding carboxylic acids is 1. The zero-order valence-electron chi connectivity index (χ0n) is 12.7. The molecule has 0 aliphatic carbocycles. The first-order chi connectivity index (χ1) is 12.3. The first-order valence-electron chi connectivity index (χ1n) is 7.07. The van der Waals surface area contributed by atoms with Gasteiger partial charge in [-0.3, -0.25) is 9.78 Å². The third kappa shape index (κ3) is 3.82. The fraction of sp³-hybridized carbons (Fsp3) is 0. The van der Waals surface area contributed by atoms with Crippen molar-refractivity contribution in [3.63, 3.8) is 0 Å². The van der Waals surface area contributed by atoms with Gasteiger partial charge in [0.15, 0.2) is 6.29 Å². The van der Waals surface area contributed by atoms with Gasteiger partial charge in [0.1, 0.15) is 5.69 Å². The summed E-state index contributed by atoms with van der Waals surface area (Å²) >= 11 is 37.1. The smallest absolute Gasteiger partial charge is 0.169 e. The molecule has 0 bridgehead atoms. The lowest BCUT2D eigenvalue weighted by Crippen LogP contribution is -1.96. The van der Waals surface area contributed by atoms with Crippen LogP contribution in [0.4, 0.5) is 0 Å². The molecule has 0 spiro atoms. The summed E-state index contributed by atoms with van der Waals surface area (Å²) in [5.41, 5.74) is 2.16. The van der Waals surface area contributed by atoms with E-state index in [2.05, 4.69) is 4.98 Å². The van der Waals surface area contributed by atoms with Gasteiger partial charge in [0.05, 0.1) is 20.1 Å². The number of nitrogens with zero attached hydrogens (tertiary/aromatic N) is 1. The number of aldehydes is 1. The number of hydrogen-bond acceptors (Lipinski definition) is 2. The minimum atomic E-state index is 0.168. The normalized spacial score (nSPS) is 10.8. The molecule has 0 radical (unpaired) electrons. The first kappa shape index (κ1) is 19.8. The summed E-state index contributed by atoms with van der Waals surface area (Å²) in [5.74, 6) is 0. The van der Waals surface area contributed by atoms with Crippen molar-refractivity contribution >= 4 is 75.9 Å². The molecule has 1 heterocycles. The van der Waals surface area contributed by atoms with Gasteiger partial charge in [-0.15, -0.1) is 0 Å². The van der Waals surface area contributed by atoms with Crippen LogP contribution in [0.3, 0.4) is 0 Å². The lowest BCUT2D eigenvalue weighted by molar-refractivity contribution is 0.111. The second-order valence-electron chi connectivity index (χ2n) is 5.26. The monoisotopic (exact) mass is 463 g/mol. The highest BCUT2D eigenvalue weighted by Gasteiger charge is 2.18. The van der Waals surface area contributed by atoms with Gasteiger partial charge >= 0.3 is 0 Å². The molecule has 8 heteroatoms. The predicted octanol–water partition coefficient (Wildman–Crippen LogP) is 8.15. The Morgan fingerprint density at radius 2 is 1.15 bits per heavy atom. The number of halogens is 6. The Morgan fingerprint density at radius 1 is 0.692 bits per heavy atom. The molecule has 0 saturated heterocycles. The Morgan fingerprint density at radius 3 is 1.62 bits per heavy atom. The number of benzene rings is 2. The third-order valence-electron chi connectivity index (χ3n) is 3.60. The number of carbonyl (C=O) groups is 1. The highest BCUT2D eigenvalue weighted by Crippen LogP contribution is 2.42. The van der Waals surface area contributed by atoms with Crippen molar-refractivity contribution in [2.75, 3.05) is 0 Å². The Labute approximate surface area is 179 Å². The standard InChI is InChI=1S/C18H7Cl6NO/c19-9-2-12(21)17(13(22)3-9)8-1-11(16(7-26)25-6-8)18-14(23)4-10(20)5-15(18)24/h1-7H. The summed E-state index contributed by atoms with van der Waals surface area (Å²) in [5, 5.41) is 2.06. The van der Waals surface area contributed by atoms with Crippen LogP contribution >= 0.6 is 69.6 Å². The lowest BCUT2D eigenvalue weighted by Gasteiger charge is -2.13. The quantitative estimate of drug-likeness (QED) is 0.365. The van der Waals surface area contributed by atoms with Gasteiger partial charge in [-0.25, -0.2) is 0 Å². The van der Waals surface area contributed by atoms with Crippen molar-refractivity contribution in [2.45, 2.75) is 0 Å². The minimum absolute atomic E-state index is 0.168. The SMILES string of the molecule is O=Cc1ncc(-c2c(Cl)cc(Cl)cc2Cl)cc1-c1c(Cl)cc(Cl)cc1Cl. The molecule has 0 aliphatic heterocycles. The molecule has 0 unspecified atom stereocenters. The number of hydrogen-bond donors (Lipinski definition) is 0. The van der Waals surface area contributed by atoms with Crippen molar-refractivity contribution in [1.29, 1.82) is 0 Å². The van der Waals surface area contributed by atoms with Gasteiger partial charge in [0.25, 0.3) is 0 Å². The second-order valence-corrected chi connectivity index (χ2v) is 7.77. The van der Waals surface area contributed by atoms with E-state index in [4.69, 9.17) is 69.6 Å². The summed E-state index contributed by atoms with van der Waals surface area (Å²) in [7, 11) is 0. The topological polar surface area (TPSA) is 30.0 Å². The molecule has 0 fully saturated rings. The molecule has 132 valence electrons. The largest absolute Gasteiger partial charge is 0.296 e. The third-order valence-corrected chi connectivity index (χ3v) is 5.23. The number of aromatic nitrogens is 1. The van der Waals surface area contributed by atoms with E-state index in [0.29, 0.717) is 48.6 Å². The van der Waals surface area contributed by atoms with Crippen LogP contribution in [0.25, 0.3) is 22.3 Å². The van der Waals surface area contributed by atoms with Crippen LogP contribution < -0.4 is 0 Å². The molecule has 3 aromatic rings. The van der Waals surface area contributed by atoms with Crippen LogP contribution in [0.5, 0.6) is 0 Å². The molecule has 0 N–H and O–H groups in total. The molecule has 0 atom stereocenters. The number of rotatable bonds is 3. The van der Waals surface area contributed by atoms with E-state index in [1.54, 1.807) is 18.2 Å². The van der Waals surface area contributed by atoms with E-state index in [-0.39, 0.29) is 15.7 Å². The van der Waals surface area contributed by atoms with Crippen molar-refractivity contribution in [3.8, 4) is 22.3 Å². The second kappa shape index (κ2) is 7.93. The average Bonchev–Trinajstić information content (AvgIpc) is 2.53. The summed E-state index contributed by atoms with van der Waals surface area (Å²) in [6.45, 7) is 0. The maximum atomic E-state index is 11.5. The maximum Gasteiger partial charge on any atom is 0.169 e. The molecular formula is C18H7Cl6NO. The molecule has 2 aromatic carbocycles. The molecule has 26 heavy (non-hydrogen) atoms. The first-order valence-corrected chi connectivity index (χ1v) is 9.33. The van der Waals surface area contributed by atoms with Gasteiger partial charge in [0.2, 0.25) is 0 Å². The maximum absolute atomic E-state index is 11.5. The fourth-order valence-corrected chi connectivity index (χ4v) is 4.58. The Bertz CT molecular complexity index is 988. The van der Waals surface area contributed by atoms with Crippen LogP contribution in [0.15, 0.2) is 36.5 Å². The van der Waals surface area contributed by atoms with Crippen LogP contribution in [0.1, 0.15) is 10.5 Å². The zero-order chi connectivity index (χ0) is 19.0. The van der Waals surface area contributed by atoms with Crippen molar-refractivity contribution < 1.29 is 4.79 Å². The van der Waals surface area contributed by atoms with Crippen molar-refractivity contribution in [1.82, 2.24) is 4.98 Å². The Balaban J connectivity index is 2.29. The molecule has 0 aliphatic rings. The van der Waals surface area contributed by atoms with E-state index < -0.39 is 0 Å². The van der Waals surface area contributed by atoms with Gasteiger partial charge in [-0.2, -0.15) is 0 Å². The molecule has 0 amide bonds. The molecule has 1 aromatic heterocycles. The van der Waals surface area contributed by atoms with E-state index >= 15 is 0 Å². The Kier molecular flexibility index (Phi) is 6.03. The van der Waals surface area contributed by atoms with Gasteiger partial charge in [0, 0.05) is 38.5 Å². The van der Waals surface area contributed by atoms with Crippen LogP contribution in [-0.4, -0.2) is 11.3 Å². The fourth-order valence-electron chi connectivity index (χ4n) is 2.52. The lowest BCUT2D eigenvalue weighted by atomic mass is 9.99. The van der Waals surface area contributed by atoms with Crippen LogP contribution in [-0.2, 0) is 0 Å². The van der Waals surface area contributed by atoms with Crippen LogP contribution in [0.2, 0.25) is 30.1 Å². The van der Waals surface area contributed by atoms with Crippen LogP contribution in [0, 0.1) is 0 Å². The molecule has 2 nitrogen and oxygen atoms in total. The molecule has 0 saturated carbocycles.